The molecular formula is C11H20N4S. The molecule has 1 aromatic heterocycles. The smallest absolute Gasteiger partial charge is 0.145 e. The summed E-state index contributed by atoms with van der Waals surface area (Å²) in [6.45, 7) is 7.70. The summed E-state index contributed by atoms with van der Waals surface area (Å²) in [5.41, 5.74) is 0. The molecule has 0 amide bonds. The van der Waals surface area contributed by atoms with Crippen LogP contribution in [0.3, 0.4) is 0 Å². The molecule has 0 spiro atoms. The van der Waals surface area contributed by atoms with Gasteiger partial charge in [-0.05, 0) is 13.1 Å². The van der Waals surface area contributed by atoms with Gasteiger partial charge < -0.3 is 10.2 Å². The molecule has 0 unspecified atom stereocenters. The third-order valence-electron chi connectivity index (χ3n) is 2.42. The van der Waals surface area contributed by atoms with Crippen molar-refractivity contribution in [1.82, 2.24) is 14.9 Å². The molecule has 1 N–H and O–H groups in total. The first-order valence-electron chi connectivity index (χ1n) is 5.65. The summed E-state index contributed by atoms with van der Waals surface area (Å²) >= 11 is 1.75. The quantitative estimate of drug-likeness (QED) is 0.738. The molecule has 0 saturated heterocycles. The average Bonchev–Trinajstić information content (AvgIpc) is 2.35. The summed E-state index contributed by atoms with van der Waals surface area (Å²) in [5, 5.41) is 3.98. The lowest BCUT2D eigenvalue weighted by atomic mass is 10.5. The average molecular weight is 240 g/mol. The number of rotatable bonds is 7. The van der Waals surface area contributed by atoms with Crippen molar-refractivity contribution in [2.45, 2.75) is 18.9 Å². The molecule has 90 valence electrons. The molecule has 0 aromatic carbocycles. The Balaban J connectivity index is 2.36. The first-order valence-corrected chi connectivity index (χ1v) is 6.63. The van der Waals surface area contributed by atoms with E-state index in [2.05, 4.69) is 34.0 Å². The Morgan fingerprint density at radius 1 is 1.31 bits per heavy atom. The molecule has 0 saturated carbocycles. The highest BCUT2D eigenvalue weighted by Crippen LogP contribution is 2.15. The van der Waals surface area contributed by atoms with Crippen LogP contribution < -0.4 is 5.32 Å². The van der Waals surface area contributed by atoms with Gasteiger partial charge in [0.1, 0.15) is 10.8 Å². The fraction of sp³-hybridized carbons (Fsp3) is 0.636. The Bertz CT molecular complexity index is 302. The molecule has 16 heavy (non-hydrogen) atoms. The van der Waals surface area contributed by atoms with E-state index in [1.165, 1.54) is 0 Å². The number of nitrogens with one attached hydrogen (secondary N) is 1. The second-order valence-corrected chi connectivity index (χ2v) is 4.48. The van der Waals surface area contributed by atoms with E-state index in [0.29, 0.717) is 0 Å². The van der Waals surface area contributed by atoms with Gasteiger partial charge in [0.15, 0.2) is 0 Å². The molecule has 1 heterocycles. The minimum Gasteiger partial charge on any atom is -0.372 e. The Morgan fingerprint density at radius 3 is 2.69 bits per heavy atom. The van der Waals surface area contributed by atoms with Crippen LogP contribution in [0, 0.1) is 0 Å². The van der Waals surface area contributed by atoms with Gasteiger partial charge in [-0.15, -0.1) is 11.8 Å². The van der Waals surface area contributed by atoms with Crippen LogP contribution in [0.4, 0.5) is 5.82 Å². The fourth-order valence-electron chi connectivity index (χ4n) is 1.36. The lowest BCUT2D eigenvalue weighted by Gasteiger charge is -2.17. The molecule has 1 aromatic rings. The maximum absolute atomic E-state index is 4.41. The highest BCUT2D eigenvalue weighted by molar-refractivity contribution is 7.99. The molecule has 1 rings (SSSR count). The van der Waals surface area contributed by atoms with Crippen molar-refractivity contribution in [3.05, 3.63) is 12.4 Å². The zero-order valence-corrected chi connectivity index (χ0v) is 11.0. The molecule has 0 fully saturated rings. The Kier molecular flexibility index (Phi) is 6.18. The van der Waals surface area contributed by atoms with Gasteiger partial charge in [0, 0.05) is 19.3 Å². The van der Waals surface area contributed by atoms with Crippen molar-refractivity contribution >= 4 is 17.6 Å². The summed E-state index contributed by atoms with van der Waals surface area (Å²) in [6, 6.07) is 0. The molecule has 4 nitrogen and oxygen atoms in total. The normalized spacial score (nSPS) is 10.8. The third-order valence-corrected chi connectivity index (χ3v) is 3.30. The zero-order valence-electron chi connectivity index (χ0n) is 10.2. The molecule has 0 aliphatic carbocycles. The minimum absolute atomic E-state index is 0.827. The van der Waals surface area contributed by atoms with Crippen LogP contribution >= 0.6 is 11.8 Å². The Hall–Kier alpha value is -0.810. The van der Waals surface area contributed by atoms with E-state index in [9.17, 15) is 0 Å². The summed E-state index contributed by atoms with van der Waals surface area (Å²) < 4.78 is 0. The molecular weight excluding hydrogens is 220 g/mol. The van der Waals surface area contributed by atoms with E-state index in [1.54, 1.807) is 18.0 Å². The van der Waals surface area contributed by atoms with E-state index in [-0.39, 0.29) is 0 Å². The monoisotopic (exact) mass is 240 g/mol. The number of hydrogen-bond acceptors (Lipinski definition) is 5. The van der Waals surface area contributed by atoms with Crippen LogP contribution in [0.15, 0.2) is 17.4 Å². The summed E-state index contributed by atoms with van der Waals surface area (Å²) in [6.07, 6.45) is 3.54. The van der Waals surface area contributed by atoms with Crippen molar-refractivity contribution in [3.8, 4) is 0 Å². The van der Waals surface area contributed by atoms with Crippen LogP contribution in [0.2, 0.25) is 0 Å². The van der Waals surface area contributed by atoms with Gasteiger partial charge in [0.2, 0.25) is 0 Å². The predicted octanol–water partition coefficient (Wildman–Crippen LogP) is 1.95. The number of thioether (sulfide) groups is 1. The first-order chi connectivity index (χ1) is 7.80. The van der Waals surface area contributed by atoms with Gasteiger partial charge in [0.25, 0.3) is 0 Å². The minimum atomic E-state index is 0.827. The largest absolute Gasteiger partial charge is 0.372 e. The van der Waals surface area contributed by atoms with E-state index in [4.69, 9.17) is 0 Å². The van der Waals surface area contributed by atoms with Crippen LogP contribution in [-0.2, 0) is 0 Å². The number of hydrogen-bond donors (Lipinski definition) is 1. The number of nitrogens with zero attached hydrogens (tertiary/aromatic N) is 3. The lowest BCUT2D eigenvalue weighted by Crippen LogP contribution is -2.25. The third kappa shape index (κ3) is 4.37. The SMILES string of the molecule is CCN(CC)CCSc1cncc(NC)n1. The fourth-order valence-corrected chi connectivity index (χ4v) is 2.21. The van der Waals surface area contributed by atoms with Gasteiger partial charge in [-0.1, -0.05) is 13.8 Å². The second-order valence-electron chi connectivity index (χ2n) is 3.37. The second kappa shape index (κ2) is 7.46. The predicted molar refractivity (Wildman–Crippen MR) is 70.1 cm³/mol. The summed E-state index contributed by atoms with van der Waals surface area (Å²) in [7, 11) is 1.86. The van der Waals surface area contributed by atoms with E-state index < -0.39 is 0 Å². The number of aromatic nitrogens is 2. The Labute approximate surface area is 102 Å². The zero-order chi connectivity index (χ0) is 11.8. The molecule has 0 radical (unpaired) electrons. The standard InChI is InChI=1S/C11H20N4S/c1-4-15(5-2)6-7-16-11-9-13-8-10(12-3)14-11/h8-9H,4-7H2,1-3H3,(H,12,14). The van der Waals surface area contributed by atoms with Gasteiger partial charge in [0.05, 0.1) is 12.4 Å². The van der Waals surface area contributed by atoms with Gasteiger partial charge >= 0.3 is 0 Å². The van der Waals surface area contributed by atoms with E-state index >= 15 is 0 Å². The Morgan fingerprint density at radius 2 is 2.06 bits per heavy atom. The van der Waals surface area contributed by atoms with E-state index in [0.717, 1.165) is 36.2 Å². The van der Waals surface area contributed by atoms with Crippen LogP contribution in [0.5, 0.6) is 0 Å². The van der Waals surface area contributed by atoms with E-state index in [1.807, 2.05) is 13.2 Å². The molecule has 0 atom stereocenters. The maximum atomic E-state index is 4.41. The van der Waals surface area contributed by atoms with Crippen molar-refractivity contribution in [3.63, 3.8) is 0 Å². The van der Waals surface area contributed by atoms with Crippen LogP contribution in [0.25, 0.3) is 0 Å². The summed E-state index contributed by atoms with van der Waals surface area (Å²) in [4.78, 5) is 10.9. The maximum Gasteiger partial charge on any atom is 0.145 e. The lowest BCUT2D eigenvalue weighted by molar-refractivity contribution is 0.324. The first kappa shape index (κ1) is 13.3. The highest BCUT2D eigenvalue weighted by atomic mass is 32.2. The molecule has 0 bridgehead atoms. The molecule has 5 heteroatoms. The number of anilines is 1. The highest BCUT2D eigenvalue weighted by Gasteiger charge is 2.01. The van der Waals surface area contributed by atoms with Crippen molar-refractivity contribution in [2.24, 2.45) is 0 Å². The van der Waals surface area contributed by atoms with Crippen molar-refractivity contribution in [2.75, 3.05) is 37.8 Å². The summed E-state index contributed by atoms with van der Waals surface area (Å²) in [5.74, 6) is 1.89. The van der Waals surface area contributed by atoms with Crippen molar-refractivity contribution in [1.29, 1.82) is 0 Å². The van der Waals surface area contributed by atoms with Crippen LogP contribution in [0.1, 0.15) is 13.8 Å². The van der Waals surface area contributed by atoms with Crippen LogP contribution in [-0.4, -0.2) is 47.3 Å². The topological polar surface area (TPSA) is 41.1 Å². The molecule has 0 aliphatic heterocycles. The van der Waals surface area contributed by atoms with Gasteiger partial charge in [-0.25, -0.2) is 4.98 Å². The van der Waals surface area contributed by atoms with Gasteiger partial charge in [-0.2, -0.15) is 0 Å². The van der Waals surface area contributed by atoms with Gasteiger partial charge in [-0.3, -0.25) is 4.98 Å². The molecule has 0 aliphatic rings. The van der Waals surface area contributed by atoms with Crippen molar-refractivity contribution < 1.29 is 0 Å².